The molecule has 0 aromatic rings. The molecule has 6 N–H and O–H groups in total. The van der Waals surface area contributed by atoms with Crippen molar-refractivity contribution in [2.45, 2.75) is 57.5 Å². The molecule has 12 nitrogen and oxygen atoms in total. The van der Waals surface area contributed by atoms with Gasteiger partial charge < -0.3 is 26.2 Å². The Kier molecular flexibility index (Phi) is 14.0. The van der Waals surface area contributed by atoms with Crippen LogP contribution in [0, 0.1) is 0 Å². The number of aliphatic carboxylic acids is 2. The topological polar surface area (TPSA) is 185 Å². The van der Waals surface area contributed by atoms with Crippen molar-refractivity contribution >= 4 is 42.4 Å². The molecule has 0 bridgehead atoms. The van der Waals surface area contributed by atoms with Crippen molar-refractivity contribution in [1.82, 2.24) is 21.0 Å². The third-order valence-electron chi connectivity index (χ3n) is 3.96. The minimum Gasteiger partial charge on any atom is -0.480 e. The van der Waals surface area contributed by atoms with Gasteiger partial charge in [-0.2, -0.15) is 12.6 Å². The van der Waals surface area contributed by atoms with Crippen LogP contribution in [-0.2, 0) is 19.2 Å². The van der Waals surface area contributed by atoms with Crippen LogP contribution in [0.2, 0.25) is 0 Å². The van der Waals surface area contributed by atoms with E-state index < -0.39 is 48.4 Å². The number of nitrogens with one attached hydrogen (secondary N) is 3. The zero-order chi connectivity index (χ0) is 23.1. The average molecular weight is 451 g/mol. The number of carbonyl (C=O) groups is 5. The summed E-state index contributed by atoms with van der Waals surface area (Å²) >= 11 is 3.92. The third kappa shape index (κ3) is 12.1. The molecule has 0 aromatic carbocycles. The lowest BCUT2D eigenvalue weighted by Crippen LogP contribution is -2.50. The number of hydroxylamine groups is 2. The van der Waals surface area contributed by atoms with Gasteiger partial charge in [0.1, 0.15) is 18.6 Å². The average Bonchev–Trinajstić information content (AvgIpc) is 2.69. The fourth-order valence-electron chi connectivity index (χ4n) is 2.29. The van der Waals surface area contributed by atoms with Crippen molar-refractivity contribution in [1.29, 1.82) is 0 Å². The van der Waals surface area contributed by atoms with Gasteiger partial charge in [-0.25, -0.2) is 14.7 Å². The van der Waals surface area contributed by atoms with Crippen LogP contribution in [0.5, 0.6) is 0 Å². The van der Waals surface area contributed by atoms with Crippen molar-refractivity contribution in [3.63, 3.8) is 0 Å². The van der Waals surface area contributed by atoms with E-state index in [1.165, 1.54) is 0 Å². The quantitative estimate of drug-likeness (QED) is 0.0774. The summed E-state index contributed by atoms with van der Waals surface area (Å²) in [5.74, 6) is -4.17. The van der Waals surface area contributed by atoms with Gasteiger partial charge in [0.05, 0.1) is 6.54 Å². The molecule has 0 aromatic heterocycles. The van der Waals surface area contributed by atoms with E-state index in [-0.39, 0.29) is 25.1 Å². The molecule has 0 saturated heterocycles. The van der Waals surface area contributed by atoms with Gasteiger partial charge >= 0.3 is 18.0 Å². The molecule has 0 aliphatic carbocycles. The van der Waals surface area contributed by atoms with E-state index in [1.54, 1.807) is 0 Å². The Balaban J connectivity index is 4.55. The molecule has 2 atom stereocenters. The molecule has 0 radical (unpaired) electrons. The summed E-state index contributed by atoms with van der Waals surface area (Å²) in [6.07, 6.45) is 2.69. The SMILES string of the molecule is CCCCCCN(O)C(=O)N[C@@H](CCC(=O)N[C@@H](CS)C(=O)NCC(=O)O)C(=O)O. The summed E-state index contributed by atoms with van der Waals surface area (Å²) in [6, 6.07) is -3.52. The predicted molar refractivity (Wildman–Crippen MR) is 108 cm³/mol. The van der Waals surface area contributed by atoms with E-state index in [0.29, 0.717) is 11.5 Å². The van der Waals surface area contributed by atoms with Crippen molar-refractivity contribution < 1.29 is 39.4 Å². The first-order valence-electron chi connectivity index (χ1n) is 9.51. The van der Waals surface area contributed by atoms with E-state index in [4.69, 9.17) is 5.11 Å². The zero-order valence-corrected chi connectivity index (χ0v) is 17.7. The molecule has 13 heteroatoms. The number of hydrogen-bond acceptors (Lipinski definition) is 7. The van der Waals surface area contributed by atoms with Crippen LogP contribution < -0.4 is 16.0 Å². The number of urea groups is 1. The Hall–Kier alpha value is -2.54. The number of unbranched alkanes of at least 4 members (excludes halogenated alkanes) is 3. The molecule has 0 saturated carbocycles. The first-order chi connectivity index (χ1) is 14.1. The maximum absolute atomic E-state index is 12.0. The van der Waals surface area contributed by atoms with E-state index in [0.717, 1.165) is 19.3 Å². The van der Waals surface area contributed by atoms with E-state index in [1.807, 2.05) is 6.92 Å². The van der Waals surface area contributed by atoms with Crippen molar-refractivity contribution in [3.05, 3.63) is 0 Å². The van der Waals surface area contributed by atoms with Crippen LogP contribution in [0.3, 0.4) is 0 Å². The molecule has 0 aliphatic heterocycles. The number of carboxylic acids is 2. The fraction of sp³-hybridized carbons (Fsp3) is 0.706. The Labute approximate surface area is 179 Å². The second kappa shape index (κ2) is 15.3. The van der Waals surface area contributed by atoms with E-state index in [2.05, 4.69) is 28.6 Å². The summed E-state index contributed by atoms with van der Waals surface area (Å²) in [6.45, 7) is 1.44. The number of thiol groups is 1. The van der Waals surface area contributed by atoms with Crippen molar-refractivity contribution in [2.24, 2.45) is 0 Å². The van der Waals surface area contributed by atoms with Gasteiger partial charge in [0.25, 0.3) is 0 Å². The molecule has 0 heterocycles. The molecule has 172 valence electrons. The summed E-state index contributed by atoms with van der Waals surface area (Å²) < 4.78 is 0. The number of carboxylic acid groups (broad SMARTS) is 2. The van der Waals surface area contributed by atoms with Crippen LogP contribution in [0.25, 0.3) is 0 Å². The zero-order valence-electron chi connectivity index (χ0n) is 16.8. The van der Waals surface area contributed by atoms with Crippen LogP contribution in [0.4, 0.5) is 4.79 Å². The molecule has 0 rings (SSSR count). The van der Waals surface area contributed by atoms with Crippen LogP contribution in [0.1, 0.15) is 45.4 Å². The molecule has 30 heavy (non-hydrogen) atoms. The number of hydrogen-bond donors (Lipinski definition) is 7. The van der Waals surface area contributed by atoms with E-state index >= 15 is 0 Å². The Bertz CT molecular complexity index is 604. The fourth-order valence-corrected chi connectivity index (χ4v) is 2.55. The van der Waals surface area contributed by atoms with Gasteiger partial charge in [0, 0.05) is 12.2 Å². The molecular formula is C17H30N4O8S. The normalized spacial score (nSPS) is 12.4. The Morgan fingerprint density at radius 2 is 1.67 bits per heavy atom. The van der Waals surface area contributed by atoms with Gasteiger partial charge in [-0.3, -0.25) is 19.6 Å². The number of carbonyl (C=O) groups excluding carboxylic acids is 3. The summed E-state index contributed by atoms with van der Waals surface area (Å²) in [4.78, 5) is 57.5. The maximum Gasteiger partial charge on any atom is 0.341 e. The number of rotatable bonds is 15. The Morgan fingerprint density at radius 3 is 2.20 bits per heavy atom. The first kappa shape index (κ1) is 27.5. The first-order valence-corrected chi connectivity index (χ1v) is 10.1. The van der Waals surface area contributed by atoms with Crippen LogP contribution >= 0.6 is 12.6 Å². The summed E-state index contributed by atoms with van der Waals surface area (Å²) in [5, 5.41) is 34.4. The molecule has 0 aliphatic rings. The van der Waals surface area contributed by atoms with Gasteiger partial charge in [0.2, 0.25) is 11.8 Å². The number of nitrogens with zero attached hydrogens (tertiary/aromatic N) is 1. The molecule has 0 spiro atoms. The molecule has 0 fully saturated rings. The molecule has 0 unspecified atom stereocenters. The Morgan fingerprint density at radius 1 is 1.00 bits per heavy atom. The lowest BCUT2D eigenvalue weighted by Gasteiger charge is -2.20. The highest BCUT2D eigenvalue weighted by molar-refractivity contribution is 7.80. The number of amides is 4. The second-order valence-corrected chi connectivity index (χ2v) is 6.84. The smallest absolute Gasteiger partial charge is 0.341 e. The van der Waals surface area contributed by atoms with Gasteiger partial charge in [-0.1, -0.05) is 26.2 Å². The summed E-state index contributed by atoms with van der Waals surface area (Å²) in [7, 11) is 0. The van der Waals surface area contributed by atoms with Gasteiger partial charge in [-0.15, -0.1) is 0 Å². The third-order valence-corrected chi connectivity index (χ3v) is 4.33. The predicted octanol–water partition coefficient (Wildman–Crippen LogP) is -0.184. The lowest BCUT2D eigenvalue weighted by atomic mass is 10.1. The maximum atomic E-state index is 12.0. The highest BCUT2D eigenvalue weighted by Crippen LogP contribution is 2.03. The summed E-state index contributed by atoms with van der Waals surface area (Å²) in [5.41, 5.74) is 0. The van der Waals surface area contributed by atoms with Crippen molar-refractivity contribution in [3.8, 4) is 0 Å². The van der Waals surface area contributed by atoms with E-state index in [9.17, 15) is 34.3 Å². The second-order valence-electron chi connectivity index (χ2n) is 6.48. The minimum atomic E-state index is -1.43. The minimum absolute atomic E-state index is 0.0493. The highest BCUT2D eigenvalue weighted by atomic mass is 32.1. The van der Waals surface area contributed by atoms with Gasteiger partial charge in [-0.05, 0) is 12.8 Å². The largest absolute Gasteiger partial charge is 0.480 e. The van der Waals surface area contributed by atoms with Crippen LogP contribution in [0.15, 0.2) is 0 Å². The highest BCUT2D eigenvalue weighted by Gasteiger charge is 2.25. The molecular weight excluding hydrogens is 420 g/mol. The standard InChI is InChI=1S/C17H30N4O8S/c1-2-3-4-5-8-21(29)17(28)20-11(16(26)27)6-7-13(22)19-12(10-30)15(25)18-9-14(23)24/h11-12,29-30H,2-10H2,1H3,(H,18,25)(H,19,22)(H,20,28)(H,23,24)(H,26,27)/t11-,12-/m0/s1. The van der Waals surface area contributed by atoms with Crippen molar-refractivity contribution in [2.75, 3.05) is 18.8 Å². The lowest BCUT2D eigenvalue weighted by molar-refractivity contribution is -0.140. The van der Waals surface area contributed by atoms with Gasteiger partial charge in [0.15, 0.2) is 0 Å². The monoisotopic (exact) mass is 450 g/mol. The van der Waals surface area contributed by atoms with Crippen LogP contribution in [-0.4, -0.2) is 81.2 Å². The molecule has 4 amide bonds.